The number of rotatable bonds is 0. The molecule has 0 bridgehead atoms. The molecule has 0 aromatic heterocycles. The van der Waals surface area contributed by atoms with Crippen LogP contribution in [0, 0.1) is 5.41 Å². The fourth-order valence-corrected chi connectivity index (χ4v) is 2.28. The summed E-state index contributed by atoms with van der Waals surface area (Å²) in [5, 5.41) is 9.51. The standard InChI is InChI=1S/C10H12O3/c1-10-5-4-7(11)9(13)6(10)2-3-8(10)12/h13H,2-5H2,1H3/t10-/m0/s1. The van der Waals surface area contributed by atoms with E-state index in [9.17, 15) is 14.7 Å². The van der Waals surface area contributed by atoms with Gasteiger partial charge in [-0.2, -0.15) is 0 Å². The normalized spacial score (nSPS) is 33.9. The predicted molar refractivity (Wildman–Crippen MR) is 46.2 cm³/mol. The van der Waals surface area contributed by atoms with Crippen LogP contribution in [-0.2, 0) is 9.59 Å². The van der Waals surface area contributed by atoms with Gasteiger partial charge in [0.15, 0.2) is 11.5 Å². The molecule has 2 aliphatic rings. The number of ketones is 2. The number of hydrogen-bond acceptors (Lipinski definition) is 3. The Morgan fingerprint density at radius 2 is 1.92 bits per heavy atom. The Morgan fingerprint density at radius 3 is 2.62 bits per heavy atom. The van der Waals surface area contributed by atoms with Crippen molar-refractivity contribution in [3.05, 3.63) is 11.3 Å². The molecule has 1 N–H and O–H groups in total. The molecule has 0 saturated heterocycles. The van der Waals surface area contributed by atoms with Gasteiger partial charge in [0.25, 0.3) is 0 Å². The van der Waals surface area contributed by atoms with Crippen molar-refractivity contribution in [1.82, 2.24) is 0 Å². The first-order chi connectivity index (χ1) is 6.05. The first kappa shape index (κ1) is 8.48. The molecule has 0 unspecified atom stereocenters. The summed E-state index contributed by atoms with van der Waals surface area (Å²) in [6, 6.07) is 0. The summed E-state index contributed by atoms with van der Waals surface area (Å²) in [4.78, 5) is 22.7. The second-order valence-electron chi connectivity index (χ2n) is 4.01. The molecule has 1 saturated carbocycles. The van der Waals surface area contributed by atoms with Crippen LogP contribution in [0.15, 0.2) is 11.3 Å². The molecule has 2 aliphatic carbocycles. The maximum atomic E-state index is 11.5. The third-order valence-corrected chi connectivity index (χ3v) is 3.29. The van der Waals surface area contributed by atoms with E-state index in [1.807, 2.05) is 6.92 Å². The third kappa shape index (κ3) is 0.961. The monoisotopic (exact) mass is 180 g/mol. The highest BCUT2D eigenvalue weighted by molar-refractivity contribution is 6.01. The van der Waals surface area contributed by atoms with E-state index in [-0.39, 0.29) is 17.3 Å². The van der Waals surface area contributed by atoms with E-state index in [0.29, 0.717) is 31.3 Å². The van der Waals surface area contributed by atoms with Crippen molar-refractivity contribution < 1.29 is 14.7 Å². The SMILES string of the molecule is C[C@]12CCC(=O)C(O)=C1CCC2=O. The third-order valence-electron chi connectivity index (χ3n) is 3.29. The Labute approximate surface area is 76.4 Å². The molecule has 3 nitrogen and oxygen atoms in total. The minimum absolute atomic E-state index is 0.139. The quantitative estimate of drug-likeness (QED) is 0.615. The smallest absolute Gasteiger partial charge is 0.197 e. The molecule has 1 atom stereocenters. The van der Waals surface area contributed by atoms with E-state index in [1.165, 1.54) is 0 Å². The van der Waals surface area contributed by atoms with Crippen LogP contribution >= 0.6 is 0 Å². The molecular formula is C10H12O3. The van der Waals surface area contributed by atoms with Gasteiger partial charge in [-0.25, -0.2) is 0 Å². The maximum Gasteiger partial charge on any atom is 0.197 e. The average Bonchev–Trinajstić information content (AvgIpc) is 2.39. The Bertz CT molecular complexity index is 327. The number of aliphatic hydroxyl groups is 1. The Kier molecular flexibility index (Phi) is 1.59. The zero-order chi connectivity index (χ0) is 9.64. The molecule has 1 fully saturated rings. The second kappa shape index (κ2) is 2.44. The highest BCUT2D eigenvalue weighted by atomic mass is 16.3. The lowest BCUT2D eigenvalue weighted by Crippen LogP contribution is -2.30. The zero-order valence-corrected chi connectivity index (χ0v) is 7.59. The van der Waals surface area contributed by atoms with E-state index in [1.54, 1.807) is 0 Å². The van der Waals surface area contributed by atoms with Crippen molar-refractivity contribution in [2.24, 2.45) is 5.41 Å². The minimum Gasteiger partial charge on any atom is -0.504 e. The highest BCUT2D eigenvalue weighted by Crippen LogP contribution is 2.47. The van der Waals surface area contributed by atoms with Crippen LogP contribution < -0.4 is 0 Å². The lowest BCUT2D eigenvalue weighted by atomic mass is 9.74. The lowest BCUT2D eigenvalue weighted by Gasteiger charge is -2.28. The van der Waals surface area contributed by atoms with Gasteiger partial charge in [-0.15, -0.1) is 0 Å². The van der Waals surface area contributed by atoms with Crippen molar-refractivity contribution in [3.8, 4) is 0 Å². The Hall–Kier alpha value is -1.12. The zero-order valence-electron chi connectivity index (χ0n) is 7.59. The van der Waals surface area contributed by atoms with Crippen LogP contribution in [0.3, 0.4) is 0 Å². The summed E-state index contributed by atoms with van der Waals surface area (Å²) in [6.07, 6.45) is 1.91. The van der Waals surface area contributed by atoms with Crippen molar-refractivity contribution in [1.29, 1.82) is 0 Å². The molecule has 0 spiro atoms. The van der Waals surface area contributed by atoms with Gasteiger partial charge in [-0.05, 0) is 25.3 Å². The van der Waals surface area contributed by atoms with Crippen LogP contribution in [0.1, 0.15) is 32.6 Å². The lowest BCUT2D eigenvalue weighted by molar-refractivity contribution is -0.126. The van der Waals surface area contributed by atoms with E-state index >= 15 is 0 Å². The molecule has 0 heterocycles. The summed E-state index contributed by atoms with van der Waals surface area (Å²) in [5.41, 5.74) is 0.145. The molecule has 3 heteroatoms. The van der Waals surface area contributed by atoms with Crippen LogP contribution in [0.2, 0.25) is 0 Å². The van der Waals surface area contributed by atoms with E-state index < -0.39 is 5.41 Å². The largest absolute Gasteiger partial charge is 0.504 e. The second-order valence-corrected chi connectivity index (χ2v) is 4.01. The number of Topliss-reactive ketones (excluding diaryl/α,β-unsaturated/α-hetero) is 2. The molecule has 0 aliphatic heterocycles. The van der Waals surface area contributed by atoms with Gasteiger partial charge < -0.3 is 5.11 Å². The van der Waals surface area contributed by atoms with Gasteiger partial charge in [-0.1, -0.05) is 0 Å². The average molecular weight is 180 g/mol. The van der Waals surface area contributed by atoms with Crippen molar-refractivity contribution >= 4 is 11.6 Å². The maximum absolute atomic E-state index is 11.5. The van der Waals surface area contributed by atoms with Gasteiger partial charge in [0.05, 0.1) is 5.41 Å². The minimum atomic E-state index is -0.530. The van der Waals surface area contributed by atoms with E-state index in [4.69, 9.17) is 0 Å². The fourth-order valence-electron chi connectivity index (χ4n) is 2.28. The first-order valence-corrected chi connectivity index (χ1v) is 4.55. The van der Waals surface area contributed by atoms with Gasteiger partial charge >= 0.3 is 0 Å². The number of carbonyl (C=O) groups is 2. The van der Waals surface area contributed by atoms with E-state index in [0.717, 1.165) is 0 Å². The topological polar surface area (TPSA) is 54.4 Å². The molecule has 13 heavy (non-hydrogen) atoms. The van der Waals surface area contributed by atoms with Crippen LogP contribution in [0.4, 0.5) is 0 Å². The van der Waals surface area contributed by atoms with Crippen molar-refractivity contribution in [2.75, 3.05) is 0 Å². The number of fused-ring (bicyclic) bond motifs is 1. The summed E-state index contributed by atoms with van der Waals surface area (Å²) in [7, 11) is 0. The van der Waals surface area contributed by atoms with Crippen LogP contribution in [0.5, 0.6) is 0 Å². The molecular weight excluding hydrogens is 168 g/mol. The van der Waals surface area contributed by atoms with Crippen molar-refractivity contribution in [3.63, 3.8) is 0 Å². The van der Waals surface area contributed by atoms with Crippen molar-refractivity contribution in [2.45, 2.75) is 32.6 Å². The number of aliphatic hydroxyl groups excluding tert-OH is 1. The number of hydrogen-bond donors (Lipinski definition) is 1. The van der Waals surface area contributed by atoms with Gasteiger partial charge in [-0.3, -0.25) is 9.59 Å². The fraction of sp³-hybridized carbons (Fsp3) is 0.600. The van der Waals surface area contributed by atoms with Crippen LogP contribution in [-0.4, -0.2) is 16.7 Å². The van der Waals surface area contributed by atoms with Gasteiger partial charge in [0.2, 0.25) is 0 Å². The van der Waals surface area contributed by atoms with Crippen LogP contribution in [0.25, 0.3) is 0 Å². The molecule has 0 amide bonds. The Morgan fingerprint density at radius 1 is 1.23 bits per heavy atom. The number of carbonyl (C=O) groups excluding carboxylic acids is 2. The molecule has 0 aromatic rings. The summed E-state index contributed by atoms with van der Waals surface area (Å²) in [5.74, 6) is -0.177. The predicted octanol–water partition coefficient (Wildman–Crippen LogP) is 1.53. The van der Waals surface area contributed by atoms with Gasteiger partial charge in [0, 0.05) is 12.8 Å². The van der Waals surface area contributed by atoms with Gasteiger partial charge in [0.1, 0.15) is 5.78 Å². The van der Waals surface area contributed by atoms with E-state index in [2.05, 4.69) is 0 Å². The highest BCUT2D eigenvalue weighted by Gasteiger charge is 2.47. The first-order valence-electron chi connectivity index (χ1n) is 4.55. The molecule has 0 aromatic carbocycles. The summed E-state index contributed by atoms with van der Waals surface area (Å²) < 4.78 is 0. The number of allylic oxidation sites excluding steroid dienone is 2. The summed E-state index contributed by atoms with van der Waals surface area (Å²) in [6.45, 7) is 1.83. The molecule has 0 radical (unpaired) electrons. The Balaban J connectivity index is 2.54. The molecule has 2 rings (SSSR count). The summed E-state index contributed by atoms with van der Waals surface area (Å²) >= 11 is 0. The molecule has 70 valence electrons.